The first kappa shape index (κ1) is 16.4. The number of H-pyrrole nitrogens is 2. The monoisotopic (exact) mass is 334 g/mol. The number of nitrogens with one attached hydrogen (secondary N) is 2. The van der Waals surface area contributed by atoms with Gasteiger partial charge in [0.2, 0.25) is 5.82 Å². The van der Waals surface area contributed by atoms with E-state index in [4.69, 9.17) is 0 Å². The molecule has 2 atom stereocenters. The Labute approximate surface area is 136 Å². The van der Waals surface area contributed by atoms with E-state index in [-0.39, 0.29) is 5.56 Å². The largest absolute Gasteiger partial charge is 0.325 e. The van der Waals surface area contributed by atoms with Crippen LogP contribution in [0.2, 0.25) is 0 Å². The lowest BCUT2D eigenvalue weighted by atomic mass is 9.83. The fourth-order valence-corrected chi connectivity index (χ4v) is 3.53. The van der Waals surface area contributed by atoms with Crippen LogP contribution >= 0.6 is 0 Å². The average Bonchev–Trinajstić information content (AvgIpc) is 2.53. The van der Waals surface area contributed by atoms with Crippen molar-refractivity contribution in [1.29, 1.82) is 0 Å². The van der Waals surface area contributed by atoms with Gasteiger partial charge in [-0.25, -0.2) is 4.79 Å². The number of hydrogen-bond donors (Lipinski definition) is 2. The molecule has 1 saturated heterocycles. The molecule has 0 radical (unpaired) electrons. The first-order valence-corrected chi connectivity index (χ1v) is 7.80. The minimum Gasteiger partial charge on any atom is -0.312 e. The molecule has 2 aromatic rings. The van der Waals surface area contributed by atoms with E-state index in [1.165, 1.54) is 12.1 Å². The number of aromatic nitrogens is 3. The van der Waals surface area contributed by atoms with Crippen LogP contribution in [0.4, 0.5) is 4.39 Å². The zero-order valence-electron chi connectivity index (χ0n) is 13.3. The minimum atomic E-state index is -1.00. The second kappa shape index (κ2) is 6.56. The van der Waals surface area contributed by atoms with E-state index in [2.05, 4.69) is 18.0 Å². The summed E-state index contributed by atoms with van der Waals surface area (Å²) in [6.45, 7) is 3.15. The number of likely N-dealkylation sites (N-methyl/N-ethyl adjacent to an activating group) is 1. The molecule has 1 fully saturated rings. The van der Waals surface area contributed by atoms with Gasteiger partial charge in [-0.3, -0.25) is 14.6 Å². The maximum atomic E-state index is 12.0. The fourth-order valence-electron chi connectivity index (χ4n) is 3.53. The van der Waals surface area contributed by atoms with Crippen LogP contribution in [0.15, 0.2) is 38.8 Å². The number of nitrogens with zero attached hydrogens (tertiary/aromatic N) is 2. The highest BCUT2D eigenvalue weighted by Crippen LogP contribution is 2.33. The number of likely N-dealkylation sites (tertiary alicyclic amines) is 1. The highest BCUT2D eigenvalue weighted by Gasteiger charge is 2.32. The van der Waals surface area contributed by atoms with Gasteiger partial charge in [-0.15, -0.1) is 0 Å². The molecule has 2 bridgehead atoms. The van der Waals surface area contributed by atoms with Crippen LogP contribution in [0, 0.1) is 11.7 Å². The van der Waals surface area contributed by atoms with Gasteiger partial charge in [0.25, 0.3) is 11.1 Å². The molecule has 2 aliphatic heterocycles. The Morgan fingerprint density at radius 2 is 1.96 bits per heavy atom. The van der Waals surface area contributed by atoms with Crippen molar-refractivity contribution in [3.8, 4) is 0 Å². The normalized spacial score (nSPS) is 22.2. The van der Waals surface area contributed by atoms with Crippen LogP contribution in [0.5, 0.6) is 0 Å². The van der Waals surface area contributed by atoms with Crippen molar-refractivity contribution in [3.63, 3.8) is 0 Å². The summed E-state index contributed by atoms with van der Waals surface area (Å²) in [5.74, 6) is 0.243. The summed E-state index contributed by atoms with van der Waals surface area (Å²) >= 11 is 0. The molecular formula is C16H19FN4O3. The first-order valence-electron chi connectivity index (χ1n) is 7.80. The molecule has 128 valence electrons. The average molecular weight is 334 g/mol. The molecule has 0 spiro atoms. The first-order chi connectivity index (χ1) is 11.4. The summed E-state index contributed by atoms with van der Waals surface area (Å²) < 4.78 is 14.0. The SMILES string of the molecule is CN1CC2CC(C1)c1cccc(=O)n1C2.O=c1[nH]cc(F)c(=O)[nH]1. The topological polar surface area (TPSA) is 91.0 Å². The zero-order valence-corrected chi connectivity index (χ0v) is 13.3. The molecule has 0 amide bonds. The Morgan fingerprint density at radius 1 is 1.17 bits per heavy atom. The summed E-state index contributed by atoms with van der Waals surface area (Å²) in [5, 5.41) is 0. The maximum absolute atomic E-state index is 12.0. The molecule has 4 rings (SSSR count). The molecule has 0 aliphatic carbocycles. The van der Waals surface area contributed by atoms with Crippen molar-refractivity contribution in [1.82, 2.24) is 19.4 Å². The third-order valence-electron chi connectivity index (χ3n) is 4.44. The second-order valence-corrected chi connectivity index (χ2v) is 6.34. The Morgan fingerprint density at radius 3 is 2.67 bits per heavy atom. The number of piperidine rings is 1. The van der Waals surface area contributed by atoms with Gasteiger partial charge in [-0.05, 0) is 25.5 Å². The van der Waals surface area contributed by atoms with Crippen LogP contribution < -0.4 is 16.8 Å². The van der Waals surface area contributed by atoms with Gasteiger partial charge in [0.1, 0.15) is 0 Å². The number of rotatable bonds is 0. The van der Waals surface area contributed by atoms with E-state index in [1.807, 2.05) is 15.6 Å². The molecule has 2 unspecified atom stereocenters. The van der Waals surface area contributed by atoms with Gasteiger partial charge < -0.3 is 14.5 Å². The predicted molar refractivity (Wildman–Crippen MR) is 86.7 cm³/mol. The Balaban J connectivity index is 0.000000162. The summed E-state index contributed by atoms with van der Waals surface area (Å²) in [5.41, 5.74) is -0.294. The maximum Gasteiger partial charge on any atom is 0.325 e. The lowest BCUT2D eigenvalue weighted by Gasteiger charge is -2.41. The van der Waals surface area contributed by atoms with E-state index >= 15 is 0 Å². The van der Waals surface area contributed by atoms with Crippen LogP contribution in [0.3, 0.4) is 0 Å². The Hall–Kier alpha value is -2.48. The third-order valence-corrected chi connectivity index (χ3v) is 4.44. The molecule has 2 aromatic heterocycles. The van der Waals surface area contributed by atoms with Gasteiger partial charge in [-0.2, -0.15) is 4.39 Å². The summed E-state index contributed by atoms with van der Waals surface area (Å²) in [4.78, 5) is 38.1. The molecule has 2 N–H and O–H groups in total. The highest BCUT2D eigenvalue weighted by atomic mass is 19.1. The summed E-state index contributed by atoms with van der Waals surface area (Å²) in [7, 11) is 2.18. The van der Waals surface area contributed by atoms with E-state index in [9.17, 15) is 18.8 Å². The molecule has 2 aliphatic rings. The van der Waals surface area contributed by atoms with Crippen LogP contribution in [0.25, 0.3) is 0 Å². The van der Waals surface area contributed by atoms with Gasteiger partial charge in [-0.1, -0.05) is 6.07 Å². The van der Waals surface area contributed by atoms with Crippen molar-refractivity contribution >= 4 is 0 Å². The standard InChI is InChI=1S/C12H16N2O.C4H3FN2O2/c1-13-6-9-5-10(8-13)11-3-2-4-12(15)14(11)7-9;5-2-1-6-4(9)7-3(2)8/h2-4,9-10H,5-8H2,1H3;1H,(H2,6,7,8,9). The highest BCUT2D eigenvalue weighted by molar-refractivity contribution is 5.16. The van der Waals surface area contributed by atoms with Crippen molar-refractivity contribution in [2.45, 2.75) is 18.9 Å². The van der Waals surface area contributed by atoms with E-state index in [1.54, 1.807) is 11.1 Å². The third kappa shape index (κ3) is 3.38. The molecule has 24 heavy (non-hydrogen) atoms. The zero-order chi connectivity index (χ0) is 17.3. The molecular weight excluding hydrogens is 315 g/mol. The number of halogens is 1. The van der Waals surface area contributed by atoms with E-state index < -0.39 is 17.1 Å². The van der Waals surface area contributed by atoms with E-state index in [0.717, 1.165) is 19.6 Å². The van der Waals surface area contributed by atoms with Gasteiger partial charge >= 0.3 is 5.69 Å². The fraction of sp³-hybridized carbons (Fsp3) is 0.438. The lowest BCUT2D eigenvalue weighted by molar-refractivity contribution is 0.145. The van der Waals surface area contributed by atoms with Crippen molar-refractivity contribution in [2.75, 3.05) is 20.1 Å². The number of hydrogen-bond acceptors (Lipinski definition) is 4. The van der Waals surface area contributed by atoms with E-state index in [0.29, 0.717) is 18.0 Å². The molecule has 4 heterocycles. The van der Waals surface area contributed by atoms with Crippen molar-refractivity contribution in [2.24, 2.45) is 5.92 Å². The Kier molecular flexibility index (Phi) is 4.48. The van der Waals surface area contributed by atoms with Crippen LogP contribution in [-0.2, 0) is 6.54 Å². The predicted octanol–water partition coefficient (Wildman–Crippen LogP) is 0.0995. The van der Waals surface area contributed by atoms with Crippen molar-refractivity contribution < 1.29 is 4.39 Å². The number of pyridine rings is 1. The molecule has 8 heteroatoms. The van der Waals surface area contributed by atoms with Gasteiger partial charge in [0.05, 0.1) is 0 Å². The summed E-state index contributed by atoms with van der Waals surface area (Å²) in [6, 6.07) is 5.68. The smallest absolute Gasteiger partial charge is 0.312 e. The lowest BCUT2D eigenvalue weighted by Crippen LogP contribution is -2.45. The molecule has 0 saturated carbocycles. The number of fused-ring (bicyclic) bond motifs is 4. The van der Waals surface area contributed by atoms with Crippen LogP contribution in [-0.4, -0.2) is 39.6 Å². The van der Waals surface area contributed by atoms with Crippen LogP contribution in [0.1, 0.15) is 18.0 Å². The minimum absolute atomic E-state index is 0.173. The Bertz CT molecular complexity index is 901. The number of aromatic amines is 2. The quantitative estimate of drug-likeness (QED) is 0.715. The molecule has 0 aromatic carbocycles. The van der Waals surface area contributed by atoms with Gasteiger partial charge in [0.15, 0.2) is 0 Å². The van der Waals surface area contributed by atoms with Gasteiger partial charge in [0, 0.05) is 43.5 Å². The molecule has 7 nitrogen and oxygen atoms in total. The second-order valence-electron chi connectivity index (χ2n) is 6.34. The van der Waals surface area contributed by atoms with Crippen molar-refractivity contribution in [3.05, 3.63) is 67.1 Å². The summed E-state index contributed by atoms with van der Waals surface area (Å²) in [6.07, 6.45) is 1.97.